The average Bonchev–Trinajstić information content (AvgIpc) is 4.03. The predicted molar refractivity (Wildman–Crippen MR) is 252 cm³/mol. The third-order valence-electron chi connectivity index (χ3n) is 12.8. The lowest BCUT2D eigenvalue weighted by Gasteiger charge is -2.06. The van der Waals surface area contributed by atoms with Crippen molar-refractivity contribution >= 4 is 97.5 Å². The fraction of sp³-hybridized carbons (Fsp3) is 0. The molecule has 0 saturated heterocycles. The van der Waals surface area contributed by atoms with Crippen molar-refractivity contribution in [2.75, 3.05) is 0 Å². The lowest BCUT2D eigenvalue weighted by molar-refractivity contribution is 1.40. The zero-order valence-electron chi connectivity index (χ0n) is 32.2. The third kappa shape index (κ3) is 4.79. The number of H-pyrrole nitrogens is 2. The van der Waals surface area contributed by atoms with E-state index in [0.29, 0.717) is 0 Å². The SMILES string of the molecule is c1ccc2cc3cc4c(cc3cc2c1)-c1cc2ccc(cc3nc(cc5[nH]c(cc-4n1)c1cc4cc6ccccc6cc4cc51)-c1cc4cc5ccccc5cc4cc1-3)[nH]2. The molecule has 0 spiro atoms. The van der Waals surface area contributed by atoms with E-state index in [2.05, 4.69) is 192 Å². The highest BCUT2D eigenvalue weighted by atomic mass is 14.8. The van der Waals surface area contributed by atoms with E-state index in [1.54, 1.807) is 0 Å². The predicted octanol–water partition coefficient (Wildman–Crippen LogP) is 15.1. The molecular formula is C56H32N4. The molecule has 0 aliphatic carbocycles. The van der Waals surface area contributed by atoms with Crippen molar-refractivity contribution in [2.45, 2.75) is 0 Å². The van der Waals surface area contributed by atoms with Crippen LogP contribution >= 0.6 is 0 Å². The van der Waals surface area contributed by atoms with Crippen LogP contribution in [0.2, 0.25) is 0 Å². The molecule has 0 atom stereocenters. The molecule has 2 aliphatic heterocycles. The Morgan fingerprint density at radius 1 is 0.250 bits per heavy atom. The van der Waals surface area contributed by atoms with Crippen LogP contribution in [0.15, 0.2) is 182 Å². The molecule has 2 aliphatic rings. The summed E-state index contributed by atoms with van der Waals surface area (Å²) in [5.41, 5.74) is 12.3. The first-order valence-corrected chi connectivity index (χ1v) is 20.5. The Bertz CT molecular complexity index is 3810. The summed E-state index contributed by atoms with van der Waals surface area (Å²) in [6, 6.07) is 66.8. The van der Waals surface area contributed by atoms with Crippen LogP contribution in [0.1, 0.15) is 0 Å². The van der Waals surface area contributed by atoms with Gasteiger partial charge in [0.2, 0.25) is 0 Å². The minimum atomic E-state index is 0.933. The second kappa shape index (κ2) is 11.8. The molecule has 2 N–H and O–H groups in total. The van der Waals surface area contributed by atoms with Crippen LogP contribution in [-0.2, 0) is 0 Å². The Kier molecular flexibility index (Phi) is 6.26. The normalized spacial score (nSPS) is 12.3. The topological polar surface area (TPSA) is 57.4 Å². The second-order valence-corrected chi connectivity index (χ2v) is 16.5. The van der Waals surface area contributed by atoms with Gasteiger partial charge in [-0.1, -0.05) is 72.8 Å². The van der Waals surface area contributed by atoms with Gasteiger partial charge >= 0.3 is 0 Å². The average molecular weight is 761 g/mol. The van der Waals surface area contributed by atoms with Crippen LogP contribution in [0.4, 0.5) is 0 Å². The van der Waals surface area contributed by atoms with Gasteiger partial charge in [-0.2, -0.15) is 0 Å². The molecule has 4 nitrogen and oxygen atoms in total. The number of hydrogen-bond donors (Lipinski definition) is 2. The summed E-state index contributed by atoms with van der Waals surface area (Å²) in [6.45, 7) is 0. The summed E-state index contributed by atoms with van der Waals surface area (Å²) in [4.78, 5) is 18.4. The van der Waals surface area contributed by atoms with Crippen molar-refractivity contribution in [1.82, 2.24) is 19.9 Å². The number of fused-ring (bicyclic) bond motifs is 23. The maximum absolute atomic E-state index is 5.42. The van der Waals surface area contributed by atoms with Gasteiger partial charge in [-0.3, -0.25) is 0 Å². The molecule has 14 rings (SSSR count). The molecule has 8 bridgehead atoms. The smallest absolute Gasteiger partial charge is 0.0737 e. The first-order valence-electron chi connectivity index (χ1n) is 20.5. The number of nitrogens with one attached hydrogen (secondary N) is 2. The summed E-state index contributed by atoms with van der Waals surface area (Å²) in [7, 11) is 0. The lowest BCUT2D eigenvalue weighted by atomic mass is 9.96. The fourth-order valence-corrected chi connectivity index (χ4v) is 9.88. The van der Waals surface area contributed by atoms with Gasteiger partial charge in [0.05, 0.1) is 22.8 Å². The van der Waals surface area contributed by atoms with Crippen molar-refractivity contribution in [3.05, 3.63) is 182 Å². The van der Waals surface area contributed by atoms with Crippen LogP contribution in [0.5, 0.6) is 0 Å². The first kappa shape index (κ1) is 31.9. The number of aromatic amines is 2. The molecule has 9 aromatic carbocycles. The molecule has 0 fully saturated rings. The largest absolute Gasteiger partial charge is 0.355 e. The minimum Gasteiger partial charge on any atom is -0.355 e. The molecule has 276 valence electrons. The van der Waals surface area contributed by atoms with Gasteiger partial charge in [0, 0.05) is 55.1 Å². The van der Waals surface area contributed by atoms with E-state index in [1.807, 2.05) is 0 Å². The Labute approximate surface area is 343 Å². The maximum atomic E-state index is 5.42. The van der Waals surface area contributed by atoms with E-state index in [-0.39, 0.29) is 0 Å². The van der Waals surface area contributed by atoms with E-state index >= 15 is 0 Å². The minimum absolute atomic E-state index is 0.933. The van der Waals surface area contributed by atoms with E-state index in [9.17, 15) is 0 Å². The molecule has 3 aromatic heterocycles. The summed E-state index contributed by atoms with van der Waals surface area (Å²) in [6.07, 6.45) is 0. The second-order valence-electron chi connectivity index (χ2n) is 16.5. The highest BCUT2D eigenvalue weighted by molar-refractivity contribution is 6.16. The molecule has 60 heavy (non-hydrogen) atoms. The van der Waals surface area contributed by atoms with Crippen LogP contribution < -0.4 is 0 Å². The van der Waals surface area contributed by atoms with Gasteiger partial charge < -0.3 is 9.97 Å². The van der Waals surface area contributed by atoms with E-state index in [0.717, 1.165) is 77.9 Å². The number of nitrogens with zero attached hydrogens (tertiary/aromatic N) is 2. The van der Waals surface area contributed by atoms with Gasteiger partial charge in [-0.25, -0.2) is 9.97 Å². The number of hydrogen-bond acceptors (Lipinski definition) is 2. The quantitative estimate of drug-likeness (QED) is 0.151. The lowest BCUT2D eigenvalue weighted by Crippen LogP contribution is -1.82. The zero-order chi connectivity index (χ0) is 39.1. The van der Waals surface area contributed by atoms with Gasteiger partial charge in [0.15, 0.2) is 0 Å². The Balaban J connectivity index is 1.11. The highest BCUT2D eigenvalue weighted by Gasteiger charge is 2.21. The summed E-state index contributed by atoms with van der Waals surface area (Å²) in [5.74, 6) is 0. The van der Waals surface area contributed by atoms with E-state index in [1.165, 1.54) is 64.6 Å². The van der Waals surface area contributed by atoms with Crippen molar-refractivity contribution in [2.24, 2.45) is 0 Å². The van der Waals surface area contributed by atoms with Crippen molar-refractivity contribution in [3.63, 3.8) is 0 Å². The molecule has 12 aromatic rings. The molecule has 0 amide bonds. The maximum Gasteiger partial charge on any atom is 0.0737 e. The van der Waals surface area contributed by atoms with E-state index in [4.69, 9.17) is 9.97 Å². The molecule has 4 heteroatoms. The molecule has 5 heterocycles. The summed E-state index contributed by atoms with van der Waals surface area (Å²) >= 11 is 0. The van der Waals surface area contributed by atoms with Gasteiger partial charge in [-0.15, -0.1) is 0 Å². The number of rotatable bonds is 0. The first-order chi connectivity index (χ1) is 29.6. The number of aromatic nitrogens is 4. The van der Waals surface area contributed by atoms with Crippen LogP contribution in [0.25, 0.3) is 143 Å². The third-order valence-corrected chi connectivity index (χ3v) is 12.8. The summed E-state index contributed by atoms with van der Waals surface area (Å²) < 4.78 is 0. The Morgan fingerprint density at radius 2 is 0.550 bits per heavy atom. The molecule has 0 radical (unpaired) electrons. The molecular weight excluding hydrogens is 729 g/mol. The Hall–Kier alpha value is -8.08. The van der Waals surface area contributed by atoms with Crippen LogP contribution in [0.3, 0.4) is 0 Å². The van der Waals surface area contributed by atoms with Gasteiger partial charge in [0.25, 0.3) is 0 Å². The van der Waals surface area contributed by atoms with Crippen molar-refractivity contribution in [1.29, 1.82) is 0 Å². The fourth-order valence-electron chi connectivity index (χ4n) is 9.88. The summed E-state index contributed by atoms with van der Waals surface area (Å²) in [5, 5.41) is 16.9. The highest BCUT2D eigenvalue weighted by Crippen LogP contribution is 2.43. The zero-order valence-corrected chi connectivity index (χ0v) is 32.2. The monoisotopic (exact) mass is 760 g/mol. The Morgan fingerprint density at radius 3 is 0.883 bits per heavy atom. The standard InChI is InChI=1S/C56H32N4/c1-3-9-33-17-39-23-47-45(21-37(39)15-31(33)7-1)51-27-43-13-14-44(57-43)28-52-46-22-38-16-32-8-2-4-10-34(32)18-40(38)24-48(46)54(59-52)30-56-50-26-42-20-36-12-6-5-11-35(36)19-41(42)25-49(50)55(60-56)29-53(47)58-51/h1-30,57,60H. The van der Waals surface area contributed by atoms with Crippen LogP contribution in [-0.4, -0.2) is 19.9 Å². The molecule has 0 saturated carbocycles. The number of benzene rings is 9. The van der Waals surface area contributed by atoms with Gasteiger partial charge in [-0.05, 0) is 174 Å². The van der Waals surface area contributed by atoms with E-state index < -0.39 is 0 Å². The van der Waals surface area contributed by atoms with Crippen molar-refractivity contribution in [3.8, 4) is 45.0 Å². The van der Waals surface area contributed by atoms with Crippen LogP contribution in [0, 0.1) is 0 Å². The van der Waals surface area contributed by atoms with Crippen molar-refractivity contribution < 1.29 is 0 Å². The van der Waals surface area contributed by atoms with Gasteiger partial charge in [0.1, 0.15) is 0 Å². The molecule has 0 unspecified atom stereocenters.